The number of halogens is 1. The Kier molecular flexibility index (Phi) is 5.60. The van der Waals surface area contributed by atoms with E-state index >= 15 is 0 Å². The zero-order valence-electron chi connectivity index (χ0n) is 12.9. The van der Waals surface area contributed by atoms with E-state index in [-0.39, 0.29) is 16.8 Å². The third-order valence-corrected chi connectivity index (χ3v) is 3.22. The highest BCUT2D eigenvalue weighted by atomic mass is 32.1. The molecular weight excluding hydrogens is 311 g/mol. The first-order valence-electron chi connectivity index (χ1n) is 7.06. The predicted octanol–water partition coefficient (Wildman–Crippen LogP) is 3.97. The van der Waals surface area contributed by atoms with Crippen LogP contribution in [0.4, 0.5) is 10.1 Å². The van der Waals surface area contributed by atoms with Gasteiger partial charge in [-0.3, -0.25) is 10.1 Å². The summed E-state index contributed by atoms with van der Waals surface area (Å²) in [6.07, 6.45) is 2.94. The molecule has 2 aromatic rings. The van der Waals surface area contributed by atoms with Crippen molar-refractivity contribution in [3.63, 3.8) is 0 Å². The number of nitrogens with one attached hydrogen (secondary N) is 2. The molecule has 0 saturated carbocycles. The molecule has 2 rings (SSSR count). The van der Waals surface area contributed by atoms with Crippen LogP contribution in [0.3, 0.4) is 0 Å². The van der Waals surface area contributed by atoms with Crippen LogP contribution in [-0.4, -0.2) is 11.0 Å². The maximum absolute atomic E-state index is 12.8. The van der Waals surface area contributed by atoms with Gasteiger partial charge in [0.05, 0.1) is 0 Å². The molecule has 0 saturated heterocycles. The SMILES string of the molecule is Cc1cc(C)cc(NC(=S)NC(=O)C=Cc2ccc(F)cc2)c1. The van der Waals surface area contributed by atoms with Gasteiger partial charge in [-0.1, -0.05) is 18.2 Å². The molecule has 0 aliphatic carbocycles. The molecule has 5 heteroatoms. The number of carbonyl (C=O) groups excluding carboxylic acids is 1. The first kappa shape index (κ1) is 16.8. The van der Waals surface area contributed by atoms with Crippen LogP contribution < -0.4 is 10.6 Å². The Balaban J connectivity index is 1.91. The summed E-state index contributed by atoms with van der Waals surface area (Å²) in [7, 11) is 0. The molecule has 1 amide bonds. The molecular formula is C18H17FN2OS. The normalized spacial score (nSPS) is 10.6. The van der Waals surface area contributed by atoms with Gasteiger partial charge in [0, 0.05) is 11.8 Å². The molecule has 0 radical (unpaired) electrons. The van der Waals surface area contributed by atoms with Crippen LogP contribution in [0.15, 0.2) is 48.5 Å². The summed E-state index contributed by atoms with van der Waals surface area (Å²) in [4.78, 5) is 11.8. The number of aryl methyl sites for hydroxylation is 2. The maximum Gasteiger partial charge on any atom is 0.250 e. The van der Waals surface area contributed by atoms with Crippen LogP contribution in [0.2, 0.25) is 0 Å². The van der Waals surface area contributed by atoms with E-state index in [2.05, 4.69) is 16.7 Å². The fourth-order valence-corrected chi connectivity index (χ4v) is 2.33. The van der Waals surface area contributed by atoms with Crippen LogP contribution in [0, 0.1) is 19.7 Å². The lowest BCUT2D eigenvalue weighted by molar-refractivity contribution is -0.115. The molecule has 0 aliphatic heterocycles. The van der Waals surface area contributed by atoms with Crippen LogP contribution in [-0.2, 0) is 4.79 Å². The van der Waals surface area contributed by atoms with Crippen molar-refractivity contribution in [2.45, 2.75) is 13.8 Å². The molecule has 2 N–H and O–H groups in total. The Morgan fingerprint density at radius 2 is 1.70 bits per heavy atom. The van der Waals surface area contributed by atoms with Gasteiger partial charge in [-0.15, -0.1) is 0 Å². The molecule has 0 fully saturated rings. The monoisotopic (exact) mass is 328 g/mol. The average molecular weight is 328 g/mol. The molecule has 0 aromatic heterocycles. The van der Waals surface area contributed by atoms with Crippen LogP contribution >= 0.6 is 12.2 Å². The molecule has 0 bridgehead atoms. The Morgan fingerprint density at radius 1 is 1.09 bits per heavy atom. The number of hydrogen-bond donors (Lipinski definition) is 2. The molecule has 3 nitrogen and oxygen atoms in total. The van der Waals surface area contributed by atoms with Gasteiger partial charge in [0.1, 0.15) is 5.82 Å². The Labute approximate surface area is 140 Å². The zero-order chi connectivity index (χ0) is 16.8. The van der Waals surface area contributed by atoms with E-state index in [1.807, 2.05) is 26.0 Å². The minimum absolute atomic E-state index is 0.226. The van der Waals surface area contributed by atoms with Crippen molar-refractivity contribution in [2.75, 3.05) is 5.32 Å². The van der Waals surface area contributed by atoms with Crippen molar-refractivity contribution in [1.29, 1.82) is 0 Å². The molecule has 0 spiro atoms. The highest BCUT2D eigenvalue weighted by Crippen LogP contribution is 2.13. The number of anilines is 1. The molecule has 23 heavy (non-hydrogen) atoms. The van der Waals surface area contributed by atoms with Crippen molar-refractivity contribution >= 4 is 35.0 Å². The van der Waals surface area contributed by atoms with Gasteiger partial charge in [-0.05, 0) is 73.1 Å². The molecule has 118 valence electrons. The van der Waals surface area contributed by atoms with E-state index in [9.17, 15) is 9.18 Å². The largest absolute Gasteiger partial charge is 0.332 e. The van der Waals surface area contributed by atoms with Crippen LogP contribution in [0.1, 0.15) is 16.7 Å². The summed E-state index contributed by atoms with van der Waals surface area (Å²) < 4.78 is 12.8. The van der Waals surface area contributed by atoms with Crippen molar-refractivity contribution in [3.05, 3.63) is 71.0 Å². The van der Waals surface area contributed by atoms with Gasteiger partial charge in [0.25, 0.3) is 0 Å². The van der Waals surface area contributed by atoms with Gasteiger partial charge in [-0.2, -0.15) is 0 Å². The zero-order valence-corrected chi connectivity index (χ0v) is 13.7. The Hall–Kier alpha value is -2.53. The van der Waals surface area contributed by atoms with E-state index in [1.54, 1.807) is 18.2 Å². The fourth-order valence-electron chi connectivity index (χ4n) is 2.11. The van der Waals surface area contributed by atoms with Gasteiger partial charge in [0.15, 0.2) is 5.11 Å². The molecule has 0 aliphatic rings. The highest BCUT2D eigenvalue weighted by molar-refractivity contribution is 7.80. The first-order chi connectivity index (χ1) is 10.9. The number of benzene rings is 2. The smallest absolute Gasteiger partial charge is 0.250 e. The van der Waals surface area contributed by atoms with Gasteiger partial charge < -0.3 is 5.32 Å². The van der Waals surface area contributed by atoms with E-state index in [4.69, 9.17) is 12.2 Å². The topological polar surface area (TPSA) is 41.1 Å². The number of hydrogen-bond acceptors (Lipinski definition) is 2. The van der Waals surface area contributed by atoms with Gasteiger partial charge in [0.2, 0.25) is 5.91 Å². The second-order valence-electron chi connectivity index (χ2n) is 5.20. The molecule has 0 heterocycles. The second-order valence-corrected chi connectivity index (χ2v) is 5.61. The molecule has 2 aromatic carbocycles. The Bertz CT molecular complexity index is 734. The maximum atomic E-state index is 12.8. The standard InChI is InChI=1S/C18H17FN2OS/c1-12-9-13(2)11-16(10-12)20-18(23)21-17(22)8-5-14-3-6-15(19)7-4-14/h3-11H,1-2H3,(H2,20,21,22,23). The lowest BCUT2D eigenvalue weighted by Crippen LogP contribution is -2.32. The number of rotatable bonds is 3. The van der Waals surface area contributed by atoms with Crippen molar-refractivity contribution in [2.24, 2.45) is 0 Å². The first-order valence-corrected chi connectivity index (χ1v) is 7.47. The summed E-state index contributed by atoms with van der Waals surface area (Å²) in [5, 5.41) is 5.77. The minimum atomic E-state index is -0.351. The average Bonchev–Trinajstić information content (AvgIpc) is 2.45. The van der Waals surface area contributed by atoms with Crippen molar-refractivity contribution in [3.8, 4) is 0 Å². The van der Waals surface area contributed by atoms with Crippen LogP contribution in [0.5, 0.6) is 0 Å². The minimum Gasteiger partial charge on any atom is -0.332 e. The summed E-state index contributed by atoms with van der Waals surface area (Å²) >= 11 is 5.12. The summed E-state index contributed by atoms with van der Waals surface area (Å²) in [5.74, 6) is -0.665. The van der Waals surface area contributed by atoms with Gasteiger partial charge in [-0.25, -0.2) is 4.39 Å². The van der Waals surface area contributed by atoms with Crippen molar-refractivity contribution in [1.82, 2.24) is 5.32 Å². The van der Waals surface area contributed by atoms with E-state index < -0.39 is 0 Å². The van der Waals surface area contributed by atoms with Crippen molar-refractivity contribution < 1.29 is 9.18 Å². The number of thiocarbonyl (C=S) groups is 1. The molecule has 0 atom stereocenters. The summed E-state index contributed by atoms with van der Waals surface area (Å²) in [5.41, 5.74) is 3.78. The lowest BCUT2D eigenvalue weighted by Gasteiger charge is -2.09. The highest BCUT2D eigenvalue weighted by Gasteiger charge is 2.02. The second kappa shape index (κ2) is 7.65. The van der Waals surface area contributed by atoms with E-state index in [1.165, 1.54) is 18.2 Å². The summed E-state index contributed by atoms with van der Waals surface area (Å²) in [6, 6.07) is 11.8. The predicted molar refractivity (Wildman–Crippen MR) is 95.7 cm³/mol. The third kappa shape index (κ3) is 5.64. The van der Waals surface area contributed by atoms with Gasteiger partial charge >= 0.3 is 0 Å². The lowest BCUT2D eigenvalue weighted by atomic mass is 10.1. The van der Waals surface area contributed by atoms with E-state index in [0.29, 0.717) is 0 Å². The molecule has 0 unspecified atom stereocenters. The number of carbonyl (C=O) groups is 1. The van der Waals surface area contributed by atoms with Crippen LogP contribution in [0.25, 0.3) is 6.08 Å². The van der Waals surface area contributed by atoms with E-state index in [0.717, 1.165) is 22.4 Å². The quantitative estimate of drug-likeness (QED) is 0.662. The number of amides is 1. The summed E-state index contributed by atoms with van der Waals surface area (Å²) in [6.45, 7) is 3.98. The third-order valence-electron chi connectivity index (χ3n) is 3.01. The fraction of sp³-hybridized carbons (Fsp3) is 0.111. The Morgan fingerprint density at radius 3 is 2.30 bits per heavy atom.